The molecule has 2 heteroatoms. The predicted octanol–water partition coefficient (Wildman–Crippen LogP) is 5.10. The second-order valence-corrected chi connectivity index (χ2v) is 6.29. The molecule has 1 heterocycles. The second-order valence-electron chi connectivity index (χ2n) is 6.29. The average molecular weight is 284 g/mol. The van der Waals surface area contributed by atoms with Gasteiger partial charge in [-0.15, -0.1) is 0 Å². The zero-order valence-electron chi connectivity index (χ0n) is 13.6. The van der Waals surface area contributed by atoms with Crippen LogP contribution in [-0.4, -0.2) is 11.5 Å². The lowest BCUT2D eigenvalue weighted by molar-refractivity contribution is 0.448. The molecule has 0 fully saturated rings. The molecule has 0 amide bonds. The molecule has 0 spiro atoms. The summed E-state index contributed by atoms with van der Waals surface area (Å²) < 4.78 is 0. The van der Waals surface area contributed by atoms with Crippen molar-refractivity contribution in [1.29, 1.82) is 0 Å². The lowest BCUT2D eigenvalue weighted by Gasteiger charge is -2.20. The normalized spacial score (nSPS) is 13.0. The highest BCUT2D eigenvalue weighted by Gasteiger charge is 2.11. The van der Waals surface area contributed by atoms with Crippen LogP contribution < -0.4 is 5.32 Å². The van der Waals surface area contributed by atoms with E-state index in [0.717, 1.165) is 18.0 Å². The van der Waals surface area contributed by atoms with Gasteiger partial charge in [0.15, 0.2) is 0 Å². The quantitative estimate of drug-likeness (QED) is 0.729. The average Bonchev–Trinajstić information content (AvgIpc) is 2.50. The SMILES string of the molecule is CCCNC(CCCC(C)C)c1ccc2ncccc2c1. The summed E-state index contributed by atoms with van der Waals surface area (Å²) in [6.45, 7) is 7.91. The van der Waals surface area contributed by atoms with Crippen molar-refractivity contribution in [3.05, 3.63) is 42.1 Å². The van der Waals surface area contributed by atoms with Crippen LogP contribution in [0.15, 0.2) is 36.5 Å². The van der Waals surface area contributed by atoms with E-state index < -0.39 is 0 Å². The van der Waals surface area contributed by atoms with E-state index in [0.29, 0.717) is 6.04 Å². The Labute approximate surface area is 129 Å². The highest BCUT2D eigenvalue weighted by atomic mass is 14.9. The van der Waals surface area contributed by atoms with E-state index in [2.05, 4.69) is 55.3 Å². The summed E-state index contributed by atoms with van der Waals surface area (Å²) in [4.78, 5) is 4.41. The Kier molecular flexibility index (Phi) is 6.19. The third-order valence-corrected chi connectivity index (χ3v) is 3.94. The lowest BCUT2D eigenvalue weighted by atomic mass is 9.97. The summed E-state index contributed by atoms with van der Waals surface area (Å²) in [5.41, 5.74) is 2.48. The molecular formula is C19H28N2. The van der Waals surface area contributed by atoms with Crippen LogP contribution in [0.2, 0.25) is 0 Å². The van der Waals surface area contributed by atoms with Gasteiger partial charge in [0, 0.05) is 17.6 Å². The smallest absolute Gasteiger partial charge is 0.0702 e. The van der Waals surface area contributed by atoms with Crippen LogP contribution in [0.3, 0.4) is 0 Å². The van der Waals surface area contributed by atoms with Crippen molar-refractivity contribution in [3.63, 3.8) is 0 Å². The maximum absolute atomic E-state index is 4.41. The first-order valence-corrected chi connectivity index (χ1v) is 8.28. The summed E-state index contributed by atoms with van der Waals surface area (Å²) in [6.07, 6.45) is 6.83. The van der Waals surface area contributed by atoms with E-state index in [1.165, 1.54) is 36.6 Å². The predicted molar refractivity (Wildman–Crippen MR) is 91.5 cm³/mol. The van der Waals surface area contributed by atoms with Crippen LogP contribution in [-0.2, 0) is 0 Å². The van der Waals surface area contributed by atoms with Gasteiger partial charge in [-0.25, -0.2) is 0 Å². The molecular weight excluding hydrogens is 256 g/mol. The van der Waals surface area contributed by atoms with Gasteiger partial charge in [-0.1, -0.05) is 45.7 Å². The lowest BCUT2D eigenvalue weighted by Crippen LogP contribution is -2.22. The summed E-state index contributed by atoms with van der Waals surface area (Å²) in [5, 5.41) is 4.94. The van der Waals surface area contributed by atoms with Crippen molar-refractivity contribution >= 4 is 10.9 Å². The molecule has 1 aromatic heterocycles. The summed E-state index contributed by atoms with van der Waals surface area (Å²) >= 11 is 0. The first-order chi connectivity index (χ1) is 10.2. The van der Waals surface area contributed by atoms with Crippen molar-refractivity contribution in [3.8, 4) is 0 Å². The molecule has 1 N–H and O–H groups in total. The molecule has 1 unspecified atom stereocenters. The van der Waals surface area contributed by atoms with Gasteiger partial charge in [-0.05, 0) is 49.1 Å². The number of hydrogen-bond donors (Lipinski definition) is 1. The van der Waals surface area contributed by atoms with Gasteiger partial charge in [0.25, 0.3) is 0 Å². The highest BCUT2D eigenvalue weighted by molar-refractivity contribution is 5.79. The van der Waals surface area contributed by atoms with Crippen LogP contribution in [0.1, 0.15) is 58.1 Å². The third kappa shape index (κ3) is 4.82. The molecule has 2 rings (SSSR count). The molecule has 1 aromatic carbocycles. The Morgan fingerprint density at radius 2 is 2.00 bits per heavy atom. The second kappa shape index (κ2) is 8.14. The topological polar surface area (TPSA) is 24.9 Å². The van der Waals surface area contributed by atoms with Gasteiger partial charge >= 0.3 is 0 Å². The molecule has 21 heavy (non-hydrogen) atoms. The van der Waals surface area contributed by atoms with Crippen LogP contribution in [0, 0.1) is 5.92 Å². The standard InChI is InChI=1S/C19H28N2/c1-4-12-20-18(9-5-7-15(2)3)17-10-11-19-16(14-17)8-6-13-21-19/h6,8,10-11,13-15,18,20H,4-5,7,9,12H2,1-3H3. The molecule has 0 aliphatic carbocycles. The monoisotopic (exact) mass is 284 g/mol. The minimum Gasteiger partial charge on any atom is -0.310 e. The Hall–Kier alpha value is -1.41. The Bertz CT molecular complexity index is 548. The van der Waals surface area contributed by atoms with E-state index in [4.69, 9.17) is 0 Å². The fraction of sp³-hybridized carbons (Fsp3) is 0.526. The number of rotatable bonds is 8. The van der Waals surface area contributed by atoms with E-state index in [1.54, 1.807) is 0 Å². The van der Waals surface area contributed by atoms with Crippen LogP contribution in [0.5, 0.6) is 0 Å². The molecule has 0 aliphatic rings. The number of pyridine rings is 1. The van der Waals surface area contributed by atoms with Gasteiger partial charge in [-0.2, -0.15) is 0 Å². The molecule has 2 nitrogen and oxygen atoms in total. The number of nitrogens with zero attached hydrogens (tertiary/aromatic N) is 1. The zero-order chi connectivity index (χ0) is 15.1. The van der Waals surface area contributed by atoms with E-state index in [-0.39, 0.29) is 0 Å². The number of nitrogens with one attached hydrogen (secondary N) is 1. The van der Waals surface area contributed by atoms with Crippen LogP contribution in [0.25, 0.3) is 10.9 Å². The van der Waals surface area contributed by atoms with Gasteiger partial charge in [0.1, 0.15) is 0 Å². The maximum Gasteiger partial charge on any atom is 0.0702 e. The van der Waals surface area contributed by atoms with Crippen molar-refractivity contribution in [2.24, 2.45) is 5.92 Å². The zero-order valence-corrected chi connectivity index (χ0v) is 13.6. The minimum absolute atomic E-state index is 0.466. The van der Waals surface area contributed by atoms with Crippen molar-refractivity contribution in [2.75, 3.05) is 6.54 Å². The van der Waals surface area contributed by atoms with E-state index in [9.17, 15) is 0 Å². The molecule has 0 bridgehead atoms. The van der Waals surface area contributed by atoms with Gasteiger partial charge in [0.2, 0.25) is 0 Å². The van der Waals surface area contributed by atoms with Crippen molar-refractivity contribution in [2.45, 2.75) is 52.5 Å². The molecule has 0 saturated carbocycles. The molecule has 0 aliphatic heterocycles. The van der Waals surface area contributed by atoms with Crippen LogP contribution in [0.4, 0.5) is 0 Å². The van der Waals surface area contributed by atoms with Gasteiger partial charge in [-0.3, -0.25) is 4.98 Å². The summed E-state index contributed by atoms with van der Waals surface area (Å²) in [6, 6.07) is 11.3. The fourth-order valence-electron chi connectivity index (χ4n) is 2.75. The van der Waals surface area contributed by atoms with Gasteiger partial charge < -0.3 is 5.32 Å². The van der Waals surface area contributed by atoms with Crippen molar-refractivity contribution < 1.29 is 0 Å². The summed E-state index contributed by atoms with van der Waals surface area (Å²) in [5.74, 6) is 0.789. The number of benzene rings is 1. The van der Waals surface area contributed by atoms with Crippen molar-refractivity contribution in [1.82, 2.24) is 10.3 Å². The highest BCUT2D eigenvalue weighted by Crippen LogP contribution is 2.24. The molecule has 0 saturated heterocycles. The Morgan fingerprint density at radius 1 is 1.14 bits per heavy atom. The molecule has 114 valence electrons. The first kappa shape index (κ1) is 16.0. The maximum atomic E-state index is 4.41. The Morgan fingerprint density at radius 3 is 2.76 bits per heavy atom. The molecule has 0 radical (unpaired) electrons. The number of hydrogen-bond acceptors (Lipinski definition) is 2. The fourth-order valence-corrected chi connectivity index (χ4v) is 2.75. The van der Waals surface area contributed by atoms with Crippen LogP contribution >= 0.6 is 0 Å². The van der Waals surface area contributed by atoms with Gasteiger partial charge in [0.05, 0.1) is 5.52 Å². The van der Waals surface area contributed by atoms with E-state index in [1.807, 2.05) is 12.3 Å². The van der Waals surface area contributed by atoms with E-state index >= 15 is 0 Å². The largest absolute Gasteiger partial charge is 0.310 e. The molecule has 1 atom stereocenters. The number of aromatic nitrogens is 1. The summed E-state index contributed by atoms with van der Waals surface area (Å²) in [7, 11) is 0. The number of fused-ring (bicyclic) bond motifs is 1. The Balaban J connectivity index is 2.12. The first-order valence-electron chi connectivity index (χ1n) is 8.28. The minimum atomic E-state index is 0.466. The molecule has 2 aromatic rings. The third-order valence-electron chi connectivity index (χ3n) is 3.94.